The molecule has 1 aromatic heterocycles. The predicted octanol–water partition coefficient (Wildman–Crippen LogP) is 3.04. The van der Waals surface area contributed by atoms with E-state index in [1.807, 2.05) is 6.92 Å². The zero-order valence-corrected chi connectivity index (χ0v) is 12.2. The number of carbonyl (C=O) groups is 1. The molecule has 1 aliphatic rings. The van der Waals surface area contributed by atoms with Gasteiger partial charge in [0.2, 0.25) is 0 Å². The van der Waals surface area contributed by atoms with Crippen LogP contribution in [-0.2, 0) is 16.1 Å². The number of carbonyl (C=O) groups excluding carboxylic acids is 1. The molecule has 0 saturated heterocycles. The van der Waals surface area contributed by atoms with Crippen molar-refractivity contribution in [2.75, 3.05) is 13.2 Å². The van der Waals surface area contributed by atoms with Gasteiger partial charge in [0, 0.05) is 17.5 Å². The van der Waals surface area contributed by atoms with E-state index in [4.69, 9.17) is 4.74 Å². The van der Waals surface area contributed by atoms with Crippen molar-refractivity contribution in [1.82, 2.24) is 4.90 Å². The summed E-state index contributed by atoms with van der Waals surface area (Å²) in [7, 11) is 0. The highest BCUT2D eigenvalue weighted by Crippen LogP contribution is 2.30. The minimum Gasteiger partial charge on any atom is -0.465 e. The highest BCUT2D eigenvalue weighted by Gasteiger charge is 2.30. The summed E-state index contributed by atoms with van der Waals surface area (Å²) in [4.78, 5) is 15.0. The fourth-order valence-corrected chi connectivity index (χ4v) is 3.27. The number of ether oxygens (including phenoxy) is 1. The average Bonchev–Trinajstić information content (AvgIpc) is 3.03. The second-order valence-corrected chi connectivity index (χ2v) is 6.69. The number of halogens is 1. The van der Waals surface area contributed by atoms with Crippen molar-refractivity contribution in [3.05, 3.63) is 20.8 Å². The minimum absolute atomic E-state index is 0.116. The van der Waals surface area contributed by atoms with Crippen molar-refractivity contribution in [2.24, 2.45) is 0 Å². The van der Waals surface area contributed by atoms with Crippen LogP contribution >= 0.6 is 27.3 Å². The molecule has 1 aliphatic carbocycles. The topological polar surface area (TPSA) is 29.5 Å². The van der Waals surface area contributed by atoms with Crippen LogP contribution in [0.5, 0.6) is 0 Å². The average molecular weight is 318 g/mol. The smallest absolute Gasteiger partial charge is 0.320 e. The monoisotopic (exact) mass is 317 g/mol. The Morgan fingerprint density at radius 2 is 2.35 bits per heavy atom. The van der Waals surface area contributed by atoms with Crippen LogP contribution in [0.4, 0.5) is 0 Å². The first-order valence-electron chi connectivity index (χ1n) is 5.83. The van der Waals surface area contributed by atoms with Gasteiger partial charge in [0.15, 0.2) is 0 Å². The van der Waals surface area contributed by atoms with E-state index in [0.29, 0.717) is 19.2 Å². The molecule has 1 fully saturated rings. The molecule has 17 heavy (non-hydrogen) atoms. The Hall–Kier alpha value is -0.390. The Morgan fingerprint density at radius 1 is 1.59 bits per heavy atom. The van der Waals surface area contributed by atoms with Gasteiger partial charge in [0.1, 0.15) is 0 Å². The Labute approximate surface area is 114 Å². The van der Waals surface area contributed by atoms with E-state index in [9.17, 15) is 4.79 Å². The van der Waals surface area contributed by atoms with Crippen molar-refractivity contribution >= 4 is 33.2 Å². The van der Waals surface area contributed by atoms with Gasteiger partial charge in [-0.15, -0.1) is 11.3 Å². The molecule has 94 valence electrons. The van der Waals surface area contributed by atoms with Crippen molar-refractivity contribution in [2.45, 2.75) is 32.4 Å². The molecule has 5 heteroatoms. The van der Waals surface area contributed by atoms with Crippen molar-refractivity contribution in [3.8, 4) is 0 Å². The van der Waals surface area contributed by atoms with Crippen LogP contribution in [0, 0.1) is 0 Å². The Kier molecular flexibility index (Phi) is 4.59. The summed E-state index contributed by atoms with van der Waals surface area (Å²) in [5, 5.41) is 0. The van der Waals surface area contributed by atoms with Crippen LogP contribution in [0.2, 0.25) is 0 Å². The first kappa shape index (κ1) is 13.1. The lowest BCUT2D eigenvalue weighted by atomic mass is 10.4. The Bertz CT molecular complexity index is 390. The van der Waals surface area contributed by atoms with Crippen molar-refractivity contribution < 1.29 is 9.53 Å². The minimum atomic E-state index is -0.116. The van der Waals surface area contributed by atoms with Gasteiger partial charge in [-0.1, -0.05) is 0 Å². The molecule has 0 amide bonds. The number of thiophene rings is 1. The molecule has 0 N–H and O–H groups in total. The molecular weight excluding hydrogens is 302 g/mol. The quantitative estimate of drug-likeness (QED) is 0.755. The number of hydrogen-bond donors (Lipinski definition) is 0. The Balaban J connectivity index is 1.91. The molecule has 0 unspecified atom stereocenters. The van der Waals surface area contributed by atoms with Crippen LogP contribution in [0.25, 0.3) is 0 Å². The number of hydrogen-bond acceptors (Lipinski definition) is 4. The van der Waals surface area contributed by atoms with Gasteiger partial charge in [0.25, 0.3) is 0 Å². The number of esters is 1. The van der Waals surface area contributed by atoms with Gasteiger partial charge in [-0.2, -0.15) is 0 Å². The van der Waals surface area contributed by atoms with Crippen LogP contribution in [0.1, 0.15) is 24.6 Å². The molecule has 1 saturated carbocycles. The van der Waals surface area contributed by atoms with E-state index in [1.54, 1.807) is 11.3 Å². The fourth-order valence-electron chi connectivity index (χ4n) is 1.76. The van der Waals surface area contributed by atoms with Crippen LogP contribution < -0.4 is 0 Å². The molecule has 3 nitrogen and oxygen atoms in total. The van der Waals surface area contributed by atoms with E-state index in [-0.39, 0.29) is 5.97 Å². The normalized spacial score (nSPS) is 15.2. The Morgan fingerprint density at radius 3 is 2.88 bits per heavy atom. The summed E-state index contributed by atoms with van der Waals surface area (Å²) < 4.78 is 6.15. The van der Waals surface area contributed by atoms with Gasteiger partial charge in [-0.25, -0.2) is 0 Å². The van der Waals surface area contributed by atoms with Crippen molar-refractivity contribution in [3.63, 3.8) is 0 Å². The lowest BCUT2D eigenvalue weighted by molar-refractivity contribution is -0.144. The van der Waals surface area contributed by atoms with Gasteiger partial charge >= 0.3 is 5.97 Å². The first-order chi connectivity index (χ1) is 8.19. The molecule has 0 bridgehead atoms. The molecule has 0 radical (unpaired) electrons. The third-order valence-electron chi connectivity index (χ3n) is 2.69. The summed E-state index contributed by atoms with van der Waals surface area (Å²) in [6.45, 7) is 3.56. The van der Waals surface area contributed by atoms with Crippen molar-refractivity contribution in [1.29, 1.82) is 0 Å². The maximum absolute atomic E-state index is 11.5. The van der Waals surface area contributed by atoms with Gasteiger partial charge < -0.3 is 4.74 Å². The largest absolute Gasteiger partial charge is 0.465 e. The van der Waals surface area contributed by atoms with E-state index < -0.39 is 0 Å². The third kappa shape index (κ3) is 4.08. The summed E-state index contributed by atoms with van der Waals surface area (Å²) in [5.74, 6) is -0.116. The molecule has 0 aromatic carbocycles. The predicted molar refractivity (Wildman–Crippen MR) is 72.1 cm³/mol. The SMILES string of the molecule is CCOC(=O)CN(Cc1ccc(Br)s1)C1CC1. The standard InChI is InChI=1S/C12H16BrNO2S/c1-2-16-12(15)8-14(9-3-4-9)7-10-5-6-11(13)17-10/h5-6,9H,2-4,7-8H2,1H3. The third-order valence-corrected chi connectivity index (χ3v) is 4.30. The molecule has 0 aliphatic heterocycles. The van der Waals surface area contributed by atoms with Gasteiger partial charge in [-0.3, -0.25) is 9.69 Å². The van der Waals surface area contributed by atoms with E-state index in [1.165, 1.54) is 17.7 Å². The lowest BCUT2D eigenvalue weighted by Crippen LogP contribution is -2.32. The van der Waals surface area contributed by atoms with Crippen LogP contribution in [0.3, 0.4) is 0 Å². The molecular formula is C12H16BrNO2S. The maximum atomic E-state index is 11.5. The molecule has 1 heterocycles. The van der Waals surface area contributed by atoms with E-state index in [0.717, 1.165) is 10.3 Å². The lowest BCUT2D eigenvalue weighted by Gasteiger charge is -2.19. The summed E-state index contributed by atoms with van der Waals surface area (Å²) >= 11 is 5.18. The molecule has 2 rings (SSSR count). The highest BCUT2D eigenvalue weighted by atomic mass is 79.9. The first-order valence-corrected chi connectivity index (χ1v) is 7.44. The summed E-state index contributed by atoms with van der Waals surface area (Å²) in [6, 6.07) is 4.73. The van der Waals surface area contributed by atoms with E-state index in [2.05, 4.69) is 33.0 Å². The van der Waals surface area contributed by atoms with E-state index >= 15 is 0 Å². The zero-order chi connectivity index (χ0) is 12.3. The maximum Gasteiger partial charge on any atom is 0.320 e. The fraction of sp³-hybridized carbons (Fsp3) is 0.583. The summed E-state index contributed by atoms with van der Waals surface area (Å²) in [5.41, 5.74) is 0. The molecule has 0 spiro atoms. The van der Waals surface area contributed by atoms with Gasteiger partial charge in [-0.05, 0) is 47.8 Å². The zero-order valence-electron chi connectivity index (χ0n) is 9.82. The molecule has 0 atom stereocenters. The molecule has 1 aromatic rings. The van der Waals surface area contributed by atoms with Crippen LogP contribution in [0.15, 0.2) is 15.9 Å². The van der Waals surface area contributed by atoms with Gasteiger partial charge in [0.05, 0.1) is 16.9 Å². The number of nitrogens with zero attached hydrogens (tertiary/aromatic N) is 1. The second kappa shape index (κ2) is 5.98. The highest BCUT2D eigenvalue weighted by molar-refractivity contribution is 9.11. The second-order valence-electron chi connectivity index (χ2n) is 4.15. The summed E-state index contributed by atoms with van der Waals surface area (Å²) in [6.07, 6.45) is 2.40. The number of rotatable bonds is 6. The van der Waals surface area contributed by atoms with Crippen LogP contribution in [-0.4, -0.2) is 30.1 Å².